The first-order valence-corrected chi connectivity index (χ1v) is 10.6. The molecule has 1 saturated heterocycles. The van der Waals surface area contributed by atoms with Gasteiger partial charge in [0.2, 0.25) is 5.91 Å². The predicted octanol–water partition coefficient (Wildman–Crippen LogP) is 3.77. The van der Waals surface area contributed by atoms with Gasteiger partial charge in [-0.05, 0) is 36.5 Å². The molecule has 1 aliphatic rings. The Morgan fingerprint density at radius 2 is 1.80 bits per heavy atom. The molecule has 0 unspecified atom stereocenters. The van der Waals surface area contributed by atoms with Gasteiger partial charge < -0.3 is 14.6 Å². The summed E-state index contributed by atoms with van der Waals surface area (Å²) in [7, 11) is 0. The van der Waals surface area contributed by atoms with Gasteiger partial charge in [-0.1, -0.05) is 54.6 Å². The van der Waals surface area contributed by atoms with Gasteiger partial charge in [-0.2, -0.15) is 0 Å². The first-order chi connectivity index (χ1) is 14.5. The van der Waals surface area contributed by atoms with Gasteiger partial charge in [0.1, 0.15) is 0 Å². The summed E-state index contributed by atoms with van der Waals surface area (Å²) in [5.41, 5.74) is 2.78. The summed E-state index contributed by atoms with van der Waals surface area (Å²) in [4.78, 5) is 19.2. The van der Waals surface area contributed by atoms with Gasteiger partial charge in [-0.3, -0.25) is 4.79 Å². The lowest BCUT2D eigenvalue weighted by Crippen LogP contribution is -2.48. The molecule has 2 aromatic carbocycles. The minimum atomic E-state index is -0.785. The smallest absolute Gasteiger partial charge is 0.223 e. The minimum Gasteiger partial charge on any atom is -0.388 e. The molecule has 0 bridgehead atoms. The molecule has 0 aliphatic carbocycles. The standard InChI is InChI=1S/C25H29N3O2/c1-20-7-5-6-10-22(20)23(21-8-3-2-4-9-21)17-24(29)28-14-11-25(30,12-15-28)18-27-16-13-26-19-27/h2-10,13,16,19,23,30H,11-12,14-15,17-18H2,1H3/t23-/m1/s1. The summed E-state index contributed by atoms with van der Waals surface area (Å²) in [6.45, 7) is 3.79. The summed E-state index contributed by atoms with van der Waals surface area (Å²) in [6, 6.07) is 18.6. The molecule has 2 heterocycles. The van der Waals surface area contributed by atoms with Crippen LogP contribution in [0.3, 0.4) is 0 Å². The van der Waals surface area contributed by atoms with Crippen LogP contribution in [-0.2, 0) is 11.3 Å². The maximum absolute atomic E-state index is 13.2. The molecule has 5 heteroatoms. The topological polar surface area (TPSA) is 58.4 Å². The lowest BCUT2D eigenvalue weighted by atomic mass is 9.85. The number of benzene rings is 2. The van der Waals surface area contributed by atoms with Crippen molar-refractivity contribution in [1.29, 1.82) is 0 Å². The zero-order valence-electron chi connectivity index (χ0n) is 17.4. The van der Waals surface area contributed by atoms with E-state index in [1.54, 1.807) is 12.5 Å². The van der Waals surface area contributed by atoms with E-state index in [4.69, 9.17) is 0 Å². The number of aliphatic hydroxyl groups is 1. The molecule has 1 N–H and O–H groups in total. The summed E-state index contributed by atoms with van der Waals surface area (Å²) < 4.78 is 1.90. The Bertz CT molecular complexity index is 961. The van der Waals surface area contributed by atoms with Crippen molar-refractivity contribution in [2.24, 2.45) is 0 Å². The second-order valence-corrected chi connectivity index (χ2v) is 8.36. The molecule has 1 atom stereocenters. The maximum Gasteiger partial charge on any atom is 0.223 e. The first-order valence-electron chi connectivity index (χ1n) is 10.6. The molecule has 1 fully saturated rings. The Hall–Kier alpha value is -2.92. The van der Waals surface area contributed by atoms with Crippen molar-refractivity contribution in [3.63, 3.8) is 0 Å². The van der Waals surface area contributed by atoms with Crippen molar-refractivity contribution < 1.29 is 9.90 Å². The molecule has 1 amide bonds. The van der Waals surface area contributed by atoms with E-state index in [1.807, 2.05) is 46.0 Å². The molecule has 1 aliphatic heterocycles. The molecule has 0 spiro atoms. The Labute approximate surface area is 178 Å². The van der Waals surface area contributed by atoms with E-state index in [1.165, 1.54) is 11.1 Å². The van der Waals surface area contributed by atoms with E-state index < -0.39 is 5.60 Å². The van der Waals surface area contributed by atoms with Crippen LogP contribution in [0.2, 0.25) is 0 Å². The highest BCUT2D eigenvalue weighted by Gasteiger charge is 2.35. The summed E-state index contributed by atoms with van der Waals surface area (Å²) in [5, 5.41) is 10.9. The zero-order chi connectivity index (χ0) is 21.0. The molecular weight excluding hydrogens is 374 g/mol. The number of piperidine rings is 1. The van der Waals surface area contributed by atoms with E-state index in [9.17, 15) is 9.90 Å². The lowest BCUT2D eigenvalue weighted by Gasteiger charge is -2.39. The van der Waals surface area contributed by atoms with E-state index in [0.29, 0.717) is 38.9 Å². The third-order valence-electron chi connectivity index (χ3n) is 6.23. The third-order valence-corrected chi connectivity index (χ3v) is 6.23. The van der Waals surface area contributed by atoms with Crippen molar-refractivity contribution in [3.8, 4) is 0 Å². The van der Waals surface area contributed by atoms with Gasteiger partial charge in [0, 0.05) is 37.8 Å². The number of hydrogen-bond acceptors (Lipinski definition) is 3. The minimum absolute atomic E-state index is 0.0339. The average molecular weight is 404 g/mol. The second-order valence-electron chi connectivity index (χ2n) is 8.36. The van der Waals surface area contributed by atoms with Crippen LogP contribution in [0.25, 0.3) is 0 Å². The second kappa shape index (κ2) is 8.84. The highest BCUT2D eigenvalue weighted by molar-refractivity contribution is 5.78. The van der Waals surface area contributed by atoms with Crippen LogP contribution in [0.5, 0.6) is 0 Å². The number of aryl methyl sites for hydroxylation is 1. The van der Waals surface area contributed by atoms with Gasteiger partial charge in [-0.15, -0.1) is 0 Å². The van der Waals surface area contributed by atoms with Crippen LogP contribution in [0, 0.1) is 6.92 Å². The van der Waals surface area contributed by atoms with Gasteiger partial charge in [0.05, 0.1) is 18.5 Å². The largest absolute Gasteiger partial charge is 0.388 e. The quantitative estimate of drug-likeness (QED) is 0.682. The van der Waals surface area contributed by atoms with Gasteiger partial charge in [0.25, 0.3) is 0 Å². The molecule has 3 aromatic rings. The highest BCUT2D eigenvalue weighted by atomic mass is 16.3. The Morgan fingerprint density at radius 1 is 1.10 bits per heavy atom. The molecule has 0 radical (unpaired) electrons. The maximum atomic E-state index is 13.2. The van der Waals surface area contributed by atoms with E-state index in [0.717, 1.165) is 5.56 Å². The van der Waals surface area contributed by atoms with Crippen LogP contribution >= 0.6 is 0 Å². The van der Waals surface area contributed by atoms with Crippen molar-refractivity contribution in [2.45, 2.75) is 44.2 Å². The molecular formula is C25H29N3O2. The van der Waals surface area contributed by atoms with Crippen molar-refractivity contribution in [2.75, 3.05) is 13.1 Å². The first kappa shape index (κ1) is 20.4. The lowest BCUT2D eigenvalue weighted by molar-refractivity contribution is -0.136. The van der Waals surface area contributed by atoms with Crippen molar-refractivity contribution in [3.05, 3.63) is 90.0 Å². The monoisotopic (exact) mass is 403 g/mol. The number of carbonyl (C=O) groups is 1. The average Bonchev–Trinajstić information content (AvgIpc) is 3.26. The van der Waals surface area contributed by atoms with Gasteiger partial charge >= 0.3 is 0 Å². The van der Waals surface area contributed by atoms with E-state index in [-0.39, 0.29) is 11.8 Å². The predicted molar refractivity (Wildman–Crippen MR) is 117 cm³/mol. The molecule has 30 heavy (non-hydrogen) atoms. The highest BCUT2D eigenvalue weighted by Crippen LogP contribution is 2.32. The Kier molecular flexibility index (Phi) is 6.00. The summed E-state index contributed by atoms with van der Waals surface area (Å²) >= 11 is 0. The number of hydrogen-bond donors (Lipinski definition) is 1. The SMILES string of the molecule is Cc1ccccc1[C@H](CC(=O)N1CCC(O)(Cn2ccnc2)CC1)c1ccccc1. The molecule has 4 rings (SSSR count). The zero-order valence-corrected chi connectivity index (χ0v) is 17.4. The molecule has 1 aromatic heterocycles. The molecule has 0 saturated carbocycles. The molecule has 156 valence electrons. The number of nitrogens with zero attached hydrogens (tertiary/aromatic N) is 3. The fourth-order valence-electron chi connectivity index (χ4n) is 4.42. The number of likely N-dealkylation sites (tertiary alicyclic amines) is 1. The fraction of sp³-hybridized carbons (Fsp3) is 0.360. The van der Waals surface area contributed by atoms with Crippen molar-refractivity contribution in [1.82, 2.24) is 14.5 Å². The normalized spacial score (nSPS) is 16.9. The third kappa shape index (κ3) is 4.62. The van der Waals surface area contributed by atoms with Gasteiger partial charge in [-0.25, -0.2) is 4.98 Å². The van der Waals surface area contributed by atoms with Crippen LogP contribution in [-0.4, -0.2) is 44.2 Å². The van der Waals surface area contributed by atoms with Gasteiger partial charge in [0.15, 0.2) is 0 Å². The van der Waals surface area contributed by atoms with Crippen LogP contribution in [0.4, 0.5) is 0 Å². The number of aromatic nitrogens is 2. The fourth-order valence-corrected chi connectivity index (χ4v) is 4.42. The number of rotatable bonds is 6. The van der Waals surface area contributed by atoms with Crippen LogP contribution < -0.4 is 0 Å². The number of amides is 1. The Morgan fingerprint density at radius 3 is 2.47 bits per heavy atom. The van der Waals surface area contributed by atoms with E-state index in [2.05, 4.69) is 36.2 Å². The Balaban J connectivity index is 1.45. The van der Waals surface area contributed by atoms with Crippen LogP contribution in [0.15, 0.2) is 73.3 Å². The molecule has 5 nitrogen and oxygen atoms in total. The van der Waals surface area contributed by atoms with E-state index >= 15 is 0 Å². The van der Waals surface area contributed by atoms with Crippen molar-refractivity contribution >= 4 is 5.91 Å². The van der Waals surface area contributed by atoms with Crippen LogP contribution in [0.1, 0.15) is 41.9 Å². The summed E-state index contributed by atoms with van der Waals surface area (Å²) in [6.07, 6.45) is 6.91. The number of carbonyl (C=O) groups excluding carboxylic acids is 1. The summed E-state index contributed by atoms with van der Waals surface area (Å²) in [5.74, 6) is 0.184. The number of imidazole rings is 1.